The van der Waals surface area contributed by atoms with Crippen molar-refractivity contribution in [1.29, 1.82) is 0 Å². The number of nitrogens with one attached hydrogen (secondary N) is 1. The van der Waals surface area contributed by atoms with Gasteiger partial charge in [-0.1, -0.05) is 6.92 Å². The molecule has 1 aliphatic rings. The standard InChI is InChI=1S/C18H21N3O2/c1-3-12(2)23-15-8-6-14(7-9-15)20-18(22)16-10-11-19-17(21-16)13-4-5-13/h6-13H,3-5H2,1-2H3,(H,20,22). The van der Waals surface area contributed by atoms with E-state index < -0.39 is 0 Å². The molecule has 1 saturated carbocycles. The van der Waals surface area contributed by atoms with Gasteiger partial charge in [0, 0.05) is 17.8 Å². The van der Waals surface area contributed by atoms with E-state index in [4.69, 9.17) is 4.74 Å². The predicted octanol–water partition coefficient (Wildman–Crippen LogP) is 3.78. The van der Waals surface area contributed by atoms with Gasteiger partial charge in [-0.05, 0) is 56.5 Å². The van der Waals surface area contributed by atoms with E-state index in [1.807, 2.05) is 31.2 Å². The van der Waals surface area contributed by atoms with E-state index in [-0.39, 0.29) is 12.0 Å². The molecule has 0 bridgehead atoms. The molecule has 1 aromatic carbocycles. The molecule has 1 N–H and O–H groups in total. The van der Waals surface area contributed by atoms with Crippen LogP contribution in [0.3, 0.4) is 0 Å². The molecule has 1 aliphatic carbocycles. The topological polar surface area (TPSA) is 64.1 Å². The number of nitrogens with zero attached hydrogens (tertiary/aromatic N) is 2. The maximum atomic E-state index is 12.3. The number of anilines is 1. The lowest BCUT2D eigenvalue weighted by Crippen LogP contribution is -2.15. The third-order valence-electron chi connectivity index (χ3n) is 3.87. The maximum Gasteiger partial charge on any atom is 0.274 e. The van der Waals surface area contributed by atoms with Crippen LogP contribution in [-0.2, 0) is 0 Å². The van der Waals surface area contributed by atoms with Crippen LogP contribution in [0.25, 0.3) is 0 Å². The number of aromatic nitrogens is 2. The minimum atomic E-state index is -0.218. The summed E-state index contributed by atoms with van der Waals surface area (Å²) in [6, 6.07) is 9.02. The van der Waals surface area contributed by atoms with Crippen LogP contribution >= 0.6 is 0 Å². The molecular weight excluding hydrogens is 290 g/mol. The maximum absolute atomic E-state index is 12.3. The molecule has 23 heavy (non-hydrogen) atoms. The van der Waals surface area contributed by atoms with Crippen LogP contribution in [0.15, 0.2) is 36.5 Å². The van der Waals surface area contributed by atoms with Gasteiger partial charge in [0.15, 0.2) is 0 Å². The van der Waals surface area contributed by atoms with Crippen LogP contribution < -0.4 is 10.1 Å². The Kier molecular flexibility index (Phi) is 4.55. The third-order valence-corrected chi connectivity index (χ3v) is 3.87. The molecule has 1 aromatic heterocycles. The zero-order chi connectivity index (χ0) is 16.2. The van der Waals surface area contributed by atoms with Crippen molar-refractivity contribution in [3.05, 3.63) is 48.0 Å². The fourth-order valence-electron chi connectivity index (χ4n) is 2.17. The number of carbonyl (C=O) groups excluding carboxylic acids is 1. The van der Waals surface area contributed by atoms with Gasteiger partial charge >= 0.3 is 0 Å². The number of hydrogen-bond donors (Lipinski definition) is 1. The van der Waals surface area contributed by atoms with E-state index in [9.17, 15) is 4.79 Å². The van der Waals surface area contributed by atoms with Crippen LogP contribution in [-0.4, -0.2) is 22.0 Å². The van der Waals surface area contributed by atoms with Gasteiger partial charge in [-0.15, -0.1) is 0 Å². The summed E-state index contributed by atoms with van der Waals surface area (Å²) in [5, 5.41) is 2.85. The number of amides is 1. The van der Waals surface area contributed by atoms with Gasteiger partial charge in [0.1, 0.15) is 17.3 Å². The summed E-state index contributed by atoms with van der Waals surface area (Å²) in [5.41, 5.74) is 1.12. The summed E-state index contributed by atoms with van der Waals surface area (Å²) in [5.74, 6) is 1.79. The van der Waals surface area contributed by atoms with Crippen molar-refractivity contribution in [1.82, 2.24) is 9.97 Å². The fraction of sp³-hybridized carbons (Fsp3) is 0.389. The number of benzene rings is 1. The summed E-state index contributed by atoms with van der Waals surface area (Å²) in [6.45, 7) is 4.11. The first-order chi connectivity index (χ1) is 11.2. The first kappa shape index (κ1) is 15.5. The molecule has 3 rings (SSSR count). The molecule has 5 heteroatoms. The summed E-state index contributed by atoms with van der Waals surface area (Å²) in [4.78, 5) is 20.9. The largest absolute Gasteiger partial charge is 0.491 e. The van der Waals surface area contributed by atoms with Crippen molar-refractivity contribution in [2.75, 3.05) is 5.32 Å². The minimum absolute atomic E-state index is 0.178. The molecule has 0 spiro atoms. The number of carbonyl (C=O) groups is 1. The van der Waals surface area contributed by atoms with Gasteiger partial charge in [0.25, 0.3) is 5.91 Å². The average molecular weight is 311 g/mol. The average Bonchev–Trinajstić information content (AvgIpc) is 3.41. The van der Waals surface area contributed by atoms with Crippen molar-refractivity contribution in [3.63, 3.8) is 0 Å². The zero-order valence-electron chi connectivity index (χ0n) is 13.5. The van der Waals surface area contributed by atoms with Crippen LogP contribution in [0, 0.1) is 0 Å². The van der Waals surface area contributed by atoms with Crippen molar-refractivity contribution >= 4 is 11.6 Å². The number of hydrogen-bond acceptors (Lipinski definition) is 4. The number of rotatable bonds is 6. The molecule has 1 amide bonds. The Morgan fingerprint density at radius 3 is 2.70 bits per heavy atom. The van der Waals surface area contributed by atoms with Crippen molar-refractivity contribution in [3.8, 4) is 5.75 Å². The Bertz CT molecular complexity index is 681. The van der Waals surface area contributed by atoms with Crippen molar-refractivity contribution < 1.29 is 9.53 Å². The highest BCUT2D eigenvalue weighted by Gasteiger charge is 2.27. The summed E-state index contributed by atoms with van der Waals surface area (Å²) >= 11 is 0. The molecular formula is C18H21N3O2. The molecule has 1 unspecified atom stereocenters. The van der Waals surface area contributed by atoms with Gasteiger partial charge in [-0.3, -0.25) is 4.79 Å². The predicted molar refractivity (Wildman–Crippen MR) is 88.8 cm³/mol. The SMILES string of the molecule is CCC(C)Oc1ccc(NC(=O)c2ccnc(C3CC3)n2)cc1. The van der Waals surface area contributed by atoms with Gasteiger partial charge < -0.3 is 10.1 Å². The van der Waals surface area contributed by atoms with E-state index in [1.54, 1.807) is 12.3 Å². The van der Waals surface area contributed by atoms with Crippen LogP contribution in [0.4, 0.5) is 5.69 Å². The molecule has 0 radical (unpaired) electrons. The quantitative estimate of drug-likeness (QED) is 0.881. The van der Waals surface area contributed by atoms with E-state index in [0.717, 1.165) is 36.5 Å². The summed E-state index contributed by atoms with van der Waals surface area (Å²) in [7, 11) is 0. The highest BCUT2D eigenvalue weighted by atomic mass is 16.5. The second-order valence-corrected chi connectivity index (χ2v) is 5.89. The third kappa shape index (κ3) is 4.06. The van der Waals surface area contributed by atoms with Gasteiger partial charge in [0.2, 0.25) is 0 Å². The van der Waals surface area contributed by atoms with Crippen molar-refractivity contribution in [2.24, 2.45) is 0 Å². The Morgan fingerprint density at radius 1 is 1.30 bits per heavy atom. The second-order valence-electron chi connectivity index (χ2n) is 5.89. The fourth-order valence-corrected chi connectivity index (χ4v) is 2.17. The zero-order valence-corrected chi connectivity index (χ0v) is 13.5. The van der Waals surface area contributed by atoms with Gasteiger partial charge in [-0.2, -0.15) is 0 Å². The van der Waals surface area contributed by atoms with Crippen LogP contribution in [0.5, 0.6) is 5.75 Å². The molecule has 5 nitrogen and oxygen atoms in total. The smallest absolute Gasteiger partial charge is 0.274 e. The Morgan fingerprint density at radius 2 is 2.04 bits per heavy atom. The molecule has 1 heterocycles. The van der Waals surface area contributed by atoms with Gasteiger partial charge in [-0.25, -0.2) is 9.97 Å². The van der Waals surface area contributed by atoms with E-state index in [1.165, 1.54) is 0 Å². The second kappa shape index (κ2) is 6.77. The lowest BCUT2D eigenvalue weighted by Gasteiger charge is -2.13. The molecule has 120 valence electrons. The van der Waals surface area contributed by atoms with E-state index in [0.29, 0.717) is 11.6 Å². The first-order valence-electron chi connectivity index (χ1n) is 8.06. The number of ether oxygens (including phenoxy) is 1. The Hall–Kier alpha value is -2.43. The molecule has 0 saturated heterocycles. The lowest BCUT2D eigenvalue weighted by atomic mass is 10.2. The van der Waals surface area contributed by atoms with Crippen LogP contribution in [0.1, 0.15) is 55.3 Å². The van der Waals surface area contributed by atoms with Crippen molar-refractivity contribution in [2.45, 2.75) is 45.1 Å². The summed E-state index contributed by atoms with van der Waals surface area (Å²) < 4.78 is 5.72. The van der Waals surface area contributed by atoms with E-state index in [2.05, 4.69) is 22.2 Å². The van der Waals surface area contributed by atoms with Gasteiger partial charge in [0.05, 0.1) is 6.10 Å². The molecule has 1 atom stereocenters. The first-order valence-corrected chi connectivity index (χ1v) is 8.06. The Balaban J connectivity index is 1.64. The highest BCUT2D eigenvalue weighted by Crippen LogP contribution is 2.37. The Labute approximate surface area is 136 Å². The summed E-state index contributed by atoms with van der Waals surface area (Å²) in [6.07, 6.45) is 5.01. The molecule has 1 fully saturated rings. The monoisotopic (exact) mass is 311 g/mol. The molecule has 2 aromatic rings. The normalized spacial score (nSPS) is 15.0. The minimum Gasteiger partial charge on any atom is -0.491 e. The molecule has 0 aliphatic heterocycles. The lowest BCUT2D eigenvalue weighted by molar-refractivity contribution is 0.102. The highest BCUT2D eigenvalue weighted by molar-refractivity contribution is 6.02. The van der Waals surface area contributed by atoms with Crippen LogP contribution in [0.2, 0.25) is 0 Å². The van der Waals surface area contributed by atoms with E-state index >= 15 is 0 Å².